The van der Waals surface area contributed by atoms with Gasteiger partial charge >= 0.3 is 0 Å². The fraction of sp³-hybridized carbons (Fsp3) is 0.118. The normalized spacial score (nSPS) is 11.0. The molecule has 0 N–H and O–H groups in total. The Morgan fingerprint density at radius 1 is 1.04 bits per heavy atom. The van der Waals surface area contributed by atoms with Crippen molar-refractivity contribution in [2.24, 2.45) is 0 Å². The van der Waals surface area contributed by atoms with Crippen LogP contribution in [0.25, 0.3) is 16.9 Å². The SMILES string of the molecule is CCSc1ncc(-c2ccc(Cl)c(Cl)c2)n1-c1cccc(Cl)c1. The summed E-state index contributed by atoms with van der Waals surface area (Å²) in [5.74, 6) is 0.929. The molecule has 1 heterocycles. The highest BCUT2D eigenvalue weighted by Crippen LogP contribution is 2.33. The number of hydrogen-bond donors (Lipinski definition) is 0. The Labute approximate surface area is 154 Å². The third kappa shape index (κ3) is 3.53. The second-order valence-corrected chi connectivity index (χ2v) is 7.29. The molecule has 1 aromatic heterocycles. The van der Waals surface area contributed by atoms with Crippen molar-refractivity contribution in [3.05, 3.63) is 63.7 Å². The summed E-state index contributed by atoms with van der Waals surface area (Å²) >= 11 is 20.0. The maximum atomic E-state index is 6.17. The van der Waals surface area contributed by atoms with Gasteiger partial charge in [-0.25, -0.2) is 4.98 Å². The maximum absolute atomic E-state index is 6.17. The van der Waals surface area contributed by atoms with Crippen LogP contribution < -0.4 is 0 Å². The lowest BCUT2D eigenvalue weighted by Crippen LogP contribution is -1.99. The third-order valence-corrected chi connectivity index (χ3v) is 5.09. The van der Waals surface area contributed by atoms with Gasteiger partial charge in [0.25, 0.3) is 0 Å². The Morgan fingerprint density at radius 2 is 1.87 bits per heavy atom. The van der Waals surface area contributed by atoms with Crippen molar-refractivity contribution >= 4 is 46.6 Å². The van der Waals surface area contributed by atoms with Gasteiger partial charge in [0.05, 0.1) is 21.9 Å². The van der Waals surface area contributed by atoms with E-state index in [-0.39, 0.29) is 0 Å². The molecule has 3 rings (SSSR count). The van der Waals surface area contributed by atoms with E-state index in [1.807, 2.05) is 42.6 Å². The molecule has 0 fully saturated rings. The maximum Gasteiger partial charge on any atom is 0.173 e. The molecule has 23 heavy (non-hydrogen) atoms. The molecule has 2 aromatic carbocycles. The molecule has 6 heteroatoms. The largest absolute Gasteiger partial charge is 0.287 e. The Morgan fingerprint density at radius 3 is 2.57 bits per heavy atom. The van der Waals surface area contributed by atoms with Crippen molar-refractivity contribution < 1.29 is 0 Å². The highest BCUT2D eigenvalue weighted by molar-refractivity contribution is 7.99. The van der Waals surface area contributed by atoms with E-state index in [4.69, 9.17) is 34.8 Å². The number of aromatic nitrogens is 2. The van der Waals surface area contributed by atoms with Crippen LogP contribution in [0, 0.1) is 0 Å². The Bertz CT molecular complexity index is 846. The zero-order valence-electron chi connectivity index (χ0n) is 12.3. The monoisotopic (exact) mass is 382 g/mol. The average Bonchev–Trinajstić information content (AvgIpc) is 2.94. The van der Waals surface area contributed by atoms with Gasteiger partial charge < -0.3 is 0 Å². The molecular formula is C17H13Cl3N2S. The molecule has 0 saturated carbocycles. The molecule has 0 amide bonds. The average molecular weight is 384 g/mol. The standard InChI is InChI=1S/C17H13Cl3N2S/c1-2-23-17-21-10-16(11-6-7-14(19)15(20)8-11)22(17)13-5-3-4-12(18)9-13/h3-10H,2H2,1H3. The van der Waals surface area contributed by atoms with Gasteiger partial charge in [-0.15, -0.1) is 0 Å². The Hall–Kier alpha value is -1.13. The smallest absolute Gasteiger partial charge is 0.173 e. The zero-order valence-corrected chi connectivity index (χ0v) is 15.3. The second-order valence-electron chi connectivity index (χ2n) is 4.80. The van der Waals surface area contributed by atoms with Crippen LogP contribution in [0.3, 0.4) is 0 Å². The number of halogens is 3. The first-order chi connectivity index (χ1) is 11.1. The Kier molecular flexibility index (Phi) is 5.22. The van der Waals surface area contributed by atoms with Crippen LogP contribution in [0.5, 0.6) is 0 Å². The number of benzene rings is 2. The minimum atomic E-state index is 0.521. The summed E-state index contributed by atoms with van der Waals surface area (Å²) < 4.78 is 2.08. The summed E-state index contributed by atoms with van der Waals surface area (Å²) in [7, 11) is 0. The van der Waals surface area contributed by atoms with Crippen LogP contribution >= 0.6 is 46.6 Å². The van der Waals surface area contributed by atoms with Crippen LogP contribution in [0.4, 0.5) is 0 Å². The van der Waals surface area contributed by atoms with Crippen molar-refractivity contribution in [1.82, 2.24) is 9.55 Å². The molecule has 0 saturated heterocycles. The quantitative estimate of drug-likeness (QED) is 0.472. The van der Waals surface area contributed by atoms with Gasteiger partial charge in [0.2, 0.25) is 0 Å². The topological polar surface area (TPSA) is 17.8 Å². The molecule has 0 unspecified atom stereocenters. The summed E-state index contributed by atoms with van der Waals surface area (Å²) in [5, 5.41) is 2.65. The van der Waals surface area contributed by atoms with E-state index in [0.717, 1.165) is 27.9 Å². The molecule has 118 valence electrons. The summed E-state index contributed by atoms with van der Waals surface area (Å²) in [4.78, 5) is 4.55. The van der Waals surface area contributed by atoms with Crippen molar-refractivity contribution in [1.29, 1.82) is 0 Å². The van der Waals surface area contributed by atoms with Gasteiger partial charge in [0.1, 0.15) is 0 Å². The summed E-state index contributed by atoms with van der Waals surface area (Å²) in [6.45, 7) is 2.10. The Balaban J connectivity index is 2.19. The fourth-order valence-corrected chi connectivity index (χ4v) is 3.49. The minimum Gasteiger partial charge on any atom is -0.287 e. The fourth-order valence-electron chi connectivity index (χ4n) is 2.29. The number of thioether (sulfide) groups is 1. The van der Waals surface area contributed by atoms with Crippen LogP contribution in [0.15, 0.2) is 53.8 Å². The first-order valence-electron chi connectivity index (χ1n) is 7.02. The van der Waals surface area contributed by atoms with Gasteiger partial charge in [-0.1, -0.05) is 65.6 Å². The van der Waals surface area contributed by atoms with E-state index in [1.165, 1.54) is 0 Å². The van der Waals surface area contributed by atoms with E-state index in [2.05, 4.69) is 16.5 Å². The van der Waals surface area contributed by atoms with Crippen molar-refractivity contribution in [3.8, 4) is 16.9 Å². The van der Waals surface area contributed by atoms with Crippen molar-refractivity contribution in [2.75, 3.05) is 5.75 Å². The molecule has 0 radical (unpaired) electrons. The van der Waals surface area contributed by atoms with E-state index in [9.17, 15) is 0 Å². The lowest BCUT2D eigenvalue weighted by atomic mass is 10.1. The van der Waals surface area contributed by atoms with Gasteiger partial charge in [-0.2, -0.15) is 0 Å². The minimum absolute atomic E-state index is 0.521. The molecule has 0 bridgehead atoms. The highest BCUT2D eigenvalue weighted by Gasteiger charge is 2.15. The second kappa shape index (κ2) is 7.18. The molecule has 0 aliphatic carbocycles. The van der Waals surface area contributed by atoms with Crippen LogP contribution in [-0.2, 0) is 0 Å². The van der Waals surface area contributed by atoms with Crippen LogP contribution in [0.1, 0.15) is 6.92 Å². The predicted octanol–water partition coefficient (Wildman–Crippen LogP) is 6.61. The van der Waals surface area contributed by atoms with Gasteiger partial charge in [-0.3, -0.25) is 4.57 Å². The molecule has 0 atom stereocenters. The molecular weight excluding hydrogens is 371 g/mol. The molecule has 2 nitrogen and oxygen atoms in total. The van der Waals surface area contributed by atoms with Crippen molar-refractivity contribution in [3.63, 3.8) is 0 Å². The van der Waals surface area contributed by atoms with E-state index in [1.54, 1.807) is 17.8 Å². The van der Waals surface area contributed by atoms with Gasteiger partial charge in [-0.05, 0) is 36.1 Å². The molecule has 3 aromatic rings. The van der Waals surface area contributed by atoms with Crippen molar-refractivity contribution in [2.45, 2.75) is 12.1 Å². The van der Waals surface area contributed by atoms with E-state index >= 15 is 0 Å². The summed E-state index contributed by atoms with van der Waals surface area (Å²) in [6, 6.07) is 13.3. The van der Waals surface area contributed by atoms with E-state index < -0.39 is 0 Å². The zero-order chi connectivity index (χ0) is 16.4. The highest BCUT2D eigenvalue weighted by atomic mass is 35.5. The summed E-state index contributed by atoms with van der Waals surface area (Å²) in [6.07, 6.45) is 1.85. The lowest BCUT2D eigenvalue weighted by Gasteiger charge is -2.12. The lowest BCUT2D eigenvalue weighted by molar-refractivity contribution is 0.901. The first-order valence-corrected chi connectivity index (χ1v) is 9.14. The predicted molar refractivity (Wildman–Crippen MR) is 100 cm³/mol. The first kappa shape index (κ1) is 16.7. The molecule has 0 spiro atoms. The third-order valence-electron chi connectivity index (χ3n) is 3.28. The van der Waals surface area contributed by atoms with Crippen LogP contribution in [-0.4, -0.2) is 15.3 Å². The molecule has 0 aliphatic rings. The number of nitrogens with zero attached hydrogens (tertiary/aromatic N) is 2. The van der Waals surface area contributed by atoms with Gasteiger partial charge in [0, 0.05) is 16.3 Å². The number of imidazole rings is 1. The number of hydrogen-bond acceptors (Lipinski definition) is 2. The van der Waals surface area contributed by atoms with E-state index in [0.29, 0.717) is 15.1 Å². The summed E-state index contributed by atoms with van der Waals surface area (Å²) in [5.41, 5.74) is 2.86. The number of rotatable bonds is 4. The molecule has 0 aliphatic heterocycles. The van der Waals surface area contributed by atoms with Crippen LogP contribution in [0.2, 0.25) is 15.1 Å². The van der Waals surface area contributed by atoms with Gasteiger partial charge in [0.15, 0.2) is 5.16 Å².